The van der Waals surface area contributed by atoms with Gasteiger partial charge in [-0.15, -0.1) is 0 Å². The summed E-state index contributed by atoms with van der Waals surface area (Å²) < 4.78 is 5.51. The van der Waals surface area contributed by atoms with Crippen molar-refractivity contribution in [1.29, 1.82) is 0 Å². The van der Waals surface area contributed by atoms with Gasteiger partial charge in [-0.25, -0.2) is 9.59 Å². The summed E-state index contributed by atoms with van der Waals surface area (Å²) in [5.41, 5.74) is 2.48. The van der Waals surface area contributed by atoms with Gasteiger partial charge in [-0.1, -0.05) is 37.1 Å². The van der Waals surface area contributed by atoms with Crippen LogP contribution in [0.2, 0.25) is 0 Å². The first kappa shape index (κ1) is 21.0. The van der Waals surface area contributed by atoms with Gasteiger partial charge in [-0.2, -0.15) is 0 Å². The number of rotatable bonds is 6. The Morgan fingerprint density at radius 3 is 2.65 bits per heavy atom. The number of nitrogens with zero attached hydrogens (tertiary/aromatic N) is 1. The van der Waals surface area contributed by atoms with Crippen molar-refractivity contribution in [2.75, 3.05) is 25.6 Å². The fraction of sp³-hybridized carbons (Fsp3) is 0.417. The highest BCUT2D eigenvalue weighted by atomic mass is 16.5. The third-order valence-corrected chi connectivity index (χ3v) is 6.41. The van der Waals surface area contributed by atoms with Crippen molar-refractivity contribution in [3.63, 3.8) is 0 Å². The first-order chi connectivity index (χ1) is 14.9. The monoisotopic (exact) mass is 423 g/mol. The number of carboxylic acids is 1. The zero-order valence-electron chi connectivity index (χ0n) is 18.0. The molecule has 31 heavy (non-hydrogen) atoms. The third kappa shape index (κ3) is 4.17. The second kappa shape index (κ2) is 8.49. The minimum absolute atomic E-state index is 0.168. The van der Waals surface area contributed by atoms with Gasteiger partial charge < -0.3 is 25.4 Å². The highest BCUT2D eigenvalue weighted by molar-refractivity contribution is 5.88. The van der Waals surface area contributed by atoms with E-state index in [9.17, 15) is 14.7 Å². The first-order valence-corrected chi connectivity index (χ1v) is 10.7. The maximum atomic E-state index is 13.0. The van der Waals surface area contributed by atoms with E-state index in [0.717, 1.165) is 42.5 Å². The van der Waals surface area contributed by atoms with E-state index >= 15 is 0 Å². The van der Waals surface area contributed by atoms with E-state index in [1.165, 1.54) is 13.2 Å². The molecule has 1 unspecified atom stereocenters. The molecule has 3 N–H and O–H groups in total. The van der Waals surface area contributed by atoms with Crippen molar-refractivity contribution in [2.24, 2.45) is 0 Å². The lowest BCUT2D eigenvalue weighted by molar-refractivity contribution is 0.0696. The number of likely N-dealkylation sites (N-methyl/N-ethyl adjacent to an activating group) is 1. The Morgan fingerprint density at radius 2 is 1.94 bits per heavy atom. The molecule has 7 heteroatoms. The molecule has 1 aliphatic heterocycles. The molecule has 1 atom stereocenters. The molecule has 1 aliphatic carbocycles. The molecule has 2 aliphatic rings. The predicted molar refractivity (Wildman–Crippen MR) is 119 cm³/mol. The summed E-state index contributed by atoms with van der Waals surface area (Å²) in [6, 6.07) is 13.0. The Kier molecular flexibility index (Phi) is 5.76. The van der Waals surface area contributed by atoms with Gasteiger partial charge in [0, 0.05) is 37.3 Å². The molecule has 0 spiro atoms. The number of ether oxygens (including phenoxy) is 1. The van der Waals surface area contributed by atoms with Crippen molar-refractivity contribution >= 4 is 17.7 Å². The normalized spacial score (nSPS) is 20.4. The highest BCUT2D eigenvalue weighted by Gasteiger charge is 2.43. The number of benzene rings is 2. The van der Waals surface area contributed by atoms with Crippen molar-refractivity contribution in [3.8, 4) is 5.75 Å². The summed E-state index contributed by atoms with van der Waals surface area (Å²) in [6.07, 6.45) is 4.81. The van der Waals surface area contributed by atoms with E-state index < -0.39 is 11.5 Å². The molecule has 1 heterocycles. The molecule has 2 aromatic rings. The lowest BCUT2D eigenvalue weighted by atomic mass is 9.85. The van der Waals surface area contributed by atoms with Crippen LogP contribution < -0.4 is 20.3 Å². The SMILES string of the molecule is COc1cc(C(=O)O)ccc1CC1(NC(=O)NC2CCCC2)CN(C)c2ccccc21. The number of nitrogens with one attached hydrogen (secondary N) is 2. The topological polar surface area (TPSA) is 90.9 Å². The maximum Gasteiger partial charge on any atom is 0.335 e. The fourth-order valence-corrected chi connectivity index (χ4v) is 4.95. The summed E-state index contributed by atoms with van der Waals surface area (Å²) >= 11 is 0. The standard InChI is InChI=1S/C24H29N3O4/c1-27-15-24(19-9-5-6-10-20(19)27,26-23(30)25-18-7-3-4-8-18)14-17-12-11-16(22(28)29)13-21(17)31-2/h5-6,9-13,18H,3-4,7-8,14-15H2,1-2H3,(H,28,29)(H2,25,26,30). The zero-order chi connectivity index (χ0) is 22.0. The number of amides is 2. The number of fused-ring (bicyclic) bond motifs is 1. The number of urea groups is 1. The number of aromatic carboxylic acids is 1. The van der Waals surface area contributed by atoms with Gasteiger partial charge in [0.2, 0.25) is 0 Å². The smallest absolute Gasteiger partial charge is 0.335 e. The molecule has 1 fully saturated rings. The Bertz CT molecular complexity index is 987. The van der Waals surface area contributed by atoms with Crippen LogP contribution in [0.15, 0.2) is 42.5 Å². The Morgan fingerprint density at radius 1 is 1.19 bits per heavy atom. The molecule has 0 aromatic heterocycles. The average Bonchev–Trinajstić information content (AvgIpc) is 3.35. The van der Waals surface area contributed by atoms with E-state index in [2.05, 4.69) is 21.6 Å². The van der Waals surface area contributed by atoms with E-state index in [1.54, 1.807) is 12.1 Å². The van der Waals surface area contributed by atoms with Crippen LogP contribution in [-0.2, 0) is 12.0 Å². The number of hydrogen-bond donors (Lipinski definition) is 3. The number of methoxy groups -OCH3 is 1. The largest absolute Gasteiger partial charge is 0.496 e. The number of carbonyl (C=O) groups is 2. The van der Waals surface area contributed by atoms with Crippen LogP contribution in [0.5, 0.6) is 5.75 Å². The van der Waals surface area contributed by atoms with Crippen LogP contribution in [0.1, 0.15) is 47.2 Å². The van der Waals surface area contributed by atoms with E-state index in [4.69, 9.17) is 4.74 Å². The summed E-state index contributed by atoms with van der Waals surface area (Å²) in [5, 5.41) is 15.7. The lowest BCUT2D eigenvalue weighted by Crippen LogP contribution is -2.54. The number of para-hydroxylation sites is 1. The number of carbonyl (C=O) groups excluding carboxylic acids is 1. The lowest BCUT2D eigenvalue weighted by Gasteiger charge is -2.33. The molecule has 1 saturated carbocycles. The number of hydrogen-bond acceptors (Lipinski definition) is 4. The van der Waals surface area contributed by atoms with Crippen molar-refractivity contribution in [3.05, 3.63) is 59.2 Å². The third-order valence-electron chi connectivity index (χ3n) is 6.41. The van der Waals surface area contributed by atoms with Crippen LogP contribution in [0.3, 0.4) is 0 Å². The first-order valence-electron chi connectivity index (χ1n) is 10.7. The number of carboxylic acid groups (broad SMARTS) is 1. The van der Waals surface area contributed by atoms with Gasteiger partial charge in [0.25, 0.3) is 0 Å². The molecule has 0 radical (unpaired) electrons. The Balaban J connectivity index is 1.69. The maximum absolute atomic E-state index is 13.0. The van der Waals surface area contributed by atoms with Crippen LogP contribution in [-0.4, -0.2) is 43.9 Å². The van der Waals surface area contributed by atoms with Gasteiger partial charge in [0.05, 0.1) is 18.2 Å². The second-order valence-corrected chi connectivity index (χ2v) is 8.54. The van der Waals surface area contributed by atoms with Gasteiger partial charge in [-0.3, -0.25) is 0 Å². The van der Waals surface area contributed by atoms with Gasteiger partial charge in [0.1, 0.15) is 5.75 Å². The molecule has 4 rings (SSSR count). The van der Waals surface area contributed by atoms with Crippen LogP contribution in [0.25, 0.3) is 0 Å². The molecule has 164 valence electrons. The van der Waals surface area contributed by atoms with Crippen molar-refractivity contribution in [2.45, 2.75) is 43.7 Å². The van der Waals surface area contributed by atoms with Gasteiger partial charge in [-0.05, 0) is 36.6 Å². The fourth-order valence-electron chi connectivity index (χ4n) is 4.95. The summed E-state index contributed by atoms with van der Waals surface area (Å²) in [4.78, 5) is 26.5. The minimum atomic E-state index is -1.00. The molecular weight excluding hydrogens is 394 g/mol. The molecular formula is C24H29N3O4. The van der Waals surface area contributed by atoms with E-state index in [-0.39, 0.29) is 17.6 Å². The summed E-state index contributed by atoms with van der Waals surface area (Å²) in [7, 11) is 3.55. The zero-order valence-corrected chi connectivity index (χ0v) is 18.0. The molecule has 0 bridgehead atoms. The van der Waals surface area contributed by atoms with Crippen LogP contribution in [0, 0.1) is 0 Å². The van der Waals surface area contributed by atoms with Gasteiger partial charge in [0.15, 0.2) is 0 Å². The second-order valence-electron chi connectivity index (χ2n) is 8.54. The van der Waals surface area contributed by atoms with Crippen LogP contribution >= 0.6 is 0 Å². The average molecular weight is 424 g/mol. The van der Waals surface area contributed by atoms with Gasteiger partial charge >= 0.3 is 12.0 Å². The number of anilines is 1. The van der Waals surface area contributed by atoms with Crippen molar-refractivity contribution < 1.29 is 19.4 Å². The van der Waals surface area contributed by atoms with E-state index in [0.29, 0.717) is 18.7 Å². The van der Waals surface area contributed by atoms with E-state index in [1.807, 2.05) is 25.2 Å². The molecule has 0 saturated heterocycles. The van der Waals surface area contributed by atoms with Crippen LogP contribution in [0.4, 0.5) is 10.5 Å². The molecule has 2 amide bonds. The summed E-state index contributed by atoms with van der Waals surface area (Å²) in [5.74, 6) is -0.496. The molecule has 7 nitrogen and oxygen atoms in total. The highest BCUT2D eigenvalue weighted by Crippen LogP contribution is 2.41. The Labute approximate surface area is 182 Å². The molecule has 2 aromatic carbocycles. The Hall–Kier alpha value is -3.22. The van der Waals surface area contributed by atoms with Crippen molar-refractivity contribution in [1.82, 2.24) is 10.6 Å². The quantitative estimate of drug-likeness (QED) is 0.661. The minimum Gasteiger partial charge on any atom is -0.496 e. The summed E-state index contributed by atoms with van der Waals surface area (Å²) in [6.45, 7) is 0.605. The predicted octanol–water partition coefficient (Wildman–Crippen LogP) is 3.52.